The van der Waals surface area contributed by atoms with Gasteiger partial charge in [-0.2, -0.15) is 5.10 Å². The average Bonchev–Trinajstić information content (AvgIpc) is 3.62. The van der Waals surface area contributed by atoms with Crippen molar-refractivity contribution in [3.8, 4) is 33.1 Å². The zero-order valence-electron chi connectivity index (χ0n) is 18.2. The molecule has 166 valence electrons. The van der Waals surface area contributed by atoms with Crippen LogP contribution >= 0.6 is 11.3 Å². The quantitative estimate of drug-likeness (QED) is 0.305. The van der Waals surface area contributed by atoms with Gasteiger partial charge in [0.2, 0.25) is 5.91 Å². The predicted molar refractivity (Wildman–Crippen MR) is 134 cm³/mol. The first-order valence-corrected chi connectivity index (χ1v) is 11.7. The van der Waals surface area contributed by atoms with Gasteiger partial charge in [-0.1, -0.05) is 13.0 Å². The van der Waals surface area contributed by atoms with E-state index in [0.29, 0.717) is 12.1 Å². The van der Waals surface area contributed by atoms with Crippen molar-refractivity contribution in [2.24, 2.45) is 0 Å². The number of amides is 1. The van der Waals surface area contributed by atoms with Gasteiger partial charge in [-0.15, -0.1) is 11.3 Å². The minimum absolute atomic E-state index is 0.0613. The van der Waals surface area contributed by atoms with Crippen molar-refractivity contribution in [2.75, 3.05) is 5.32 Å². The summed E-state index contributed by atoms with van der Waals surface area (Å²) in [5, 5.41) is 14.5. The van der Waals surface area contributed by atoms with Crippen molar-refractivity contribution in [2.45, 2.75) is 13.3 Å². The Kier molecular flexibility index (Phi) is 4.88. The van der Waals surface area contributed by atoms with Crippen LogP contribution in [0, 0.1) is 0 Å². The van der Waals surface area contributed by atoms with Crippen LogP contribution in [0.3, 0.4) is 0 Å². The van der Waals surface area contributed by atoms with Gasteiger partial charge in [0.15, 0.2) is 0 Å². The predicted octanol–water partition coefficient (Wildman–Crippen LogP) is 5.64. The van der Waals surface area contributed by atoms with Gasteiger partial charge in [0.25, 0.3) is 0 Å². The van der Waals surface area contributed by atoms with Gasteiger partial charge in [-0.25, -0.2) is 4.98 Å². The molecule has 0 radical (unpaired) electrons. The number of carbonyl (C=O) groups excluding carboxylic acids is 1. The van der Waals surface area contributed by atoms with Gasteiger partial charge in [0.05, 0.1) is 35.0 Å². The maximum Gasteiger partial charge on any atom is 0.224 e. The van der Waals surface area contributed by atoms with E-state index in [1.54, 1.807) is 29.9 Å². The Morgan fingerprint density at radius 3 is 2.88 bits per heavy atom. The zero-order valence-corrected chi connectivity index (χ0v) is 19.0. The number of anilines is 1. The van der Waals surface area contributed by atoms with E-state index in [2.05, 4.69) is 53.0 Å². The lowest BCUT2D eigenvalue weighted by atomic mass is 10.1. The van der Waals surface area contributed by atoms with Gasteiger partial charge in [0.1, 0.15) is 11.3 Å². The Hall–Kier alpha value is -4.37. The summed E-state index contributed by atoms with van der Waals surface area (Å²) in [5.74, 6) is -0.0613. The van der Waals surface area contributed by atoms with E-state index in [1.165, 1.54) is 4.88 Å². The van der Waals surface area contributed by atoms with Crippen LogP contribution in [0.4, 0.5) is 5.69 Å². The van der Waals surface area contributed by atoms with Crippen LogP contribution in [0.25, 0.3) is 55.0 Å². The lowest BCUT2D eigenvalue weighted by molar-refractivity contribution is -0.115. The summed E-state index contributed by atoms with van der Waals surface area (Å²) in [6, 6.07) is 12.1. The molecule has 0 spiro atoms. The molecule has 1 amide bonds. The molecule has 6 rings (SSSR count). The molecule has 6 aromatic heterocycles. The SMILES string of the molecule is CCC(=O)Nc1cncc(-c2cc3c(-c4cc5c(-c6cccs6)ccnc5[nH]4)n[nH]c3cn2)c1. The Balaban J connectivity index is 1.43. The highest BCUT2D eigenvalue weighted by atomic mass is 32.1. The van der Waals surface area contributed by atoms with Crippen molar-refractivity contribution < 1.29 is 4.79 Å². The van der Waals surface area contributed by atoms with Crippen molar-refractivity contribution in [3.05, 3.63) is 66.6 Å². The summed E-state index contributed by atoms with van der Waals surface area (Å²) < 4.78 is 0. The number of nitrogens with one attached hydrogen (secondary N) is 3. The van der Waals surface area contributed by atoms with Crippen molar-refractivity contribution >= 4 is 44.9 Å². The molecule has 0 aliphatic heterocycles. The Labute approximate surface area is 198 Å². The second kappa shape index (κ2) is 8.20. The molecular weight excluding hydrogens is 446 g/mol. The van der Waals surface area contributed by atoms with Crippen LogP contribution in [0.2, 0.25) is 0 Å². The van der Waals surface area contributed by atoms with Gasteiger partial charge in [-0.3, -0.25) is 19.9 Å². The summed E-state index contributed by atoms with van der Waals surface area (Å²) in [7, 11) is 0. The van der Waals surface area contributed by atoms with E-state index in [4.69, 9.17) is 0 Å². The standard InChI is InChI=1S/C25H19N7OS/c1-2-23(33)29-15-8-14(11-26-12-15)19-10-18-21(13-28-19)31-32-24(18)20-9-17-16(22-4-3-7-34-22)5-6-27-25(17)30-20/h3-13H,2H2,1H3,(H,27,30)(H,29,33)(H,31,32). The van der Waals surface area contributed by atoms with Crippen LogP contribution in [0.5, 0.6) is 0 Å². The normalized spacial score (nSPS) is 11.3. The van der Waals surface area contributed by atoms with Gasteiger partial charge in [-0.05, 0) is 35.7 Å². The lowest BCUT2D eigenvalue weighted by Crippen LogP contribution is -2.09. The summed E-state index contributed by atoms with van der Waals surface area (Å²) >= 11 is 1.70. The van der Waals surface area contributed by atoms with Gasteiger partial charge in [0, 0.05) is 45.6 Å². The molecule has 3 N–H and O–H groups in total. The molecule has 9 heteroatoms. The minimum atomic E-state index is -0.0613. The van der Waals surface area contributed by atoms with E-state index in [9.17, 15) is 4.79 Å². The van der Waals surface area contributed by atoms with Crippen molar-refractivity contribution in [1.29, 1.82) is 0 Å². The monoisotopic (exact) mass is 465 g/mol. The molecule has 0 saturated carbocycles. The fourth-order valence-electron chi connectivity index (χ4n) is 3.98. The number of fused-ring (bicyclic) bond motifs is 2. The molecule has 0 atom stereocenters. The van der Waals surface area contributed by atoms with E-state index in [1.807, 2.05) is 37.4 Å². The third-order valence-electron chi connectivity index (χ3n) is 5.66. The van der Waals surface area contributed by atoms with Crippen LogP contribution in [0.15, 0.2) is 66.6 Å². The highest BCUT2D eigenvalue weighted by Crippen LogP contribution is 2.35. The number of hydrogen-bond donors (Lipinski definition) is 3. The molecule has 0 saturated heterocycles. The first-order chi connectivity index (χ1) is 16.7. The second-order valence-corrected chi connectivity index (χ2v) is 8.78. The molecule has 0 aromatic carbocycles. The molecular formula is C25H19N7OS. The van der Waals surface area contributed by atoms with Gasteiger partial charge >= 0.3 is 0 Å². The fraction of sp³-hybridized carbons (Fsp3) is 0.0800. The van der Waals surface area contributed by atoms with E-state index < -0.39 is 0 Å². The molecule has 0 aliphatic carbocycles. The average molecular weight is 466 g/mol. The molecule has 6 heterocycles. The number of carbonyl (C=O) groups is 1. The number of aromatic nitrogens is 6. The molecule has 0 fully saturated rings. The fourth-order valence-corrected chi connectivity index (χ4v) is 4.74. The molecule has 0 bridgehead atoms. The zero-order chi connectivity index (χ0) is 23.1. The molecule has 8 nitrogen and oxygen atoms in total. The highest BCUT2D eigenvalue weighted by molar-refractivity contribution is 7.13. The van der Waals surface area contributed by atoms with Crippen molar-refractivity contribution in [3.63, 3.8) is 0 Å². The molecule has 6 aromatic rings. The van der Waals surface area contributed by atoms with E-state index in [-0.39, 0.29) is 5.91 Å². The van der Waals surface area contributed by atoms with Crippen LogP contribution < -0.4 is 5.32 Å². The number of hydrogen-bond acceptors (Lipinski definition) is 6. The third-order valence-corrected chi connectivity index (χ3v) is 6.56. The number of rotatable bonds is 5. The van der Waals surface area contributed by atoms with Crippen LogP contribution in [-0.4, -0.2) is 36.0 Å². The Bertz CT molecular complexity index is 1650. The smallest absolute Gasteiger partial charge is 0.224 e. The van der Waals surface area contributed by atoms with Crippen LogP contribution in [-0.2, 0) is 4.79 Å². The Morgan fingerprint density at radius 1 is 1.09 bits per heavy atom. The topological polar surface area (TPSA) is 112 Å². The summed E-state index contributed by atoms with van der Waals surface area (Å²) in [6.45, 7) is 1.81. The Morgan fingerprint density at radius 2 is 2.03 bits per heavy atom. The number of H-pyrrole nitrogens is 2. The molecule has 0 aliphatic rings. The minimum Gasteiger partial charge on any atom is -0.338 e. The lowest BCUT2D eigenvalue weighted by Gasteiger charge is -2.06. The van der Waals surface area contributed by atoms with E-state index in [0.717, 1.165) is 50.1 Å². The maximum atomic E-state index is 11.8. The largest absolute Gasteiger partial charge is 0.338 e. The summed E-state index contributed by atoms with van der Waals surface area (Å²) in [5.41, 5.74) is 6.63. The number of aromatic amines is 2. The number of thiophene rings is 1. The number of pyridine rings is 3. The number of nitrogens with zero attached hydrogens (tertiary/aromatic N) is 4. The van der Waals surface area contributed by atoms with Crippen LogP contribution in [0.1, 0.15) is 13.3 Å². The molecule has 0 unspecified atom stereocenters. The second-order valence-electron chi connectivity index (χ2n) is 7.83. The van der Waals surface area contributed by atoms with Gasteiger partial charge < -0.3 is 10.3 Å². The maximum absolute atomic E-state index is 11.8. The first kappa shape index (κ1) is 20.3. The summed E-state index contributed by atoms with van der Waals surface area (Å²) in [4.78, 5) is 29.7. The highest BCUT2D eigenvalue weighted by Gasteiger charge is 2.16. The molecule has 34 heavy (non-hydrogen) atoms. The van der Waals surface area contributed by atoms with Crippen molar-refractivity contribution in [1.82, 2.24) is 30.1 Å². The first-order valence-electron chi connectivity index (χ1n) is 10.8. The van der Waals surface area contributed by atoms with E-state index >= 15 is 0 Å². The summed E-state index contributed by atoms with van der Waals surface area (Å²) in [6.07, 6.45) is 7.34. The third kappa shape index (κ3) is 3.52.